The number of rotatable bonds is 13. The second-order valence-corrected chi connectivity index (χ2v) is 19.7. The predicted octanol–water partition coefficient (Wildman–Crippen LogP) is 4.13. The Bertz CT molecular complexity index is 2610. The number of nitrogens with one attached hydrogen (secondary N) is 2. The first-order valence-electron chi connectivity index (χ1n) is 21.6. The van der Waals surface area contributed by atoms with Crippen LogP contribution in [-0.4, -0.2) is 133 Å². The number of amides is 5. The third-order valence-corrected chi connectivity index (χ3v) is 15.2. The Morgan fingerprint density at radius 1 is 0.906 bits per heavy atom. The quantitative estimate of drug-likeness (QED) is 0.182. The third kappa shape index (κ3) is 9.06. The number of fused-ring (bicyclic) bond motifs is 1. The largest absolute Gasteiger partial charge is 0.496 e. The lowest BCUT2D eigenvalue weighted by Crippen LogP contribution is -2.55. The van der Waals surface area contributed by atoms with Crippen molar-refractivity contribution >= 4 is 62.3 Å². The lowest BCUT2D eigenvalue weighted by molar-refractivity contribution is -0.136. The number of halogens is 1. The van der Waals surface area contributed by atoms with Gasteiger partial charge in [-0.05, 0) is 62.9 Å². The Hall–Kier alpha value is -5.91. The number of hydrogen-bond acceptors (Lipinski definition) is 13. The van der Waals surface area contributed by atoms with Gasteiger partial charge in [-0.15, -0.1) is 0 Å². The number of carbonyl (C=O) groups excluding carboxylic acids is 5. The number of piperazine rings is 1. The molecule has 4 aromatic rings. The van der Waals surface area contributed by atoms with Crippen LogP contribution in [0.5, 0.6) is 5.75 Å². The molecule has 8 rings (SSSR count). The molecule has 64 heavy (non-hydrogen) atoms. The Kier molecular flexibility index (Phi) is 13.0. The van der Waals surface area contributed by atoms with E-state index in [4.69, 9.17) is 21.3 Å². The molecular formula is C46H51ClN8O8S. The topological polar surface area (TPSA) is 192 Å². The molecule has 0 aliphatic carbocycles. The van der Waals surface area contributed by atoms with Gasteiger partial charge in [-0.2, -0.15) is 0 Å². The summed E-state index contributed by atoms with van der Waals surface area (Å²) in [6, 6.07) is 17.2. The van der Waals surface area contributed by atoms with Crippen molar-refractivity contribution in [3.8, 4) is 5.75 Å². The standard InChI is InChI=1S/C46H51ClN8O8S/c1-28(2)64(61,62)39-10-5-4-7-30(39)23-36-34(47)26-49-40(50-36)24-29-11-12-32(25-38(29)63-3)52-17-15-31(16-18-52)53-19-21-54(22-20-53)42(57)27-48-35-9-6-8-33-43(35)46(60)55(45(33)59)37-13-14-41(56)51-44(37)58/h4-12,25-26,28,31,37,48H,13-24,27H2,1-3H3,(H,51,56,58). The highest BCUT2D eigenvalue weighted by molar-refractivity contribution is 7.92. The Morgan fingerprint density at radius 3 is 2.38 bits per heavy atom. The van der Waals surface area contributed by atoms with Crippen LogP contribution in [0.15, 0.2) is 71.8 Å². The summed E-state index contributed by atoms with van der Waals surface area (Å²) in [6.45, 7) is 7.61. The molecule has 0 bridgehead atoms. The van der Waals surface area contributed by atoms with Gasteiger partial charge < -0.3 is 19.9 Å². The minimum Gasteiger partial charge on any atom is -0.496 e. The average Bonchev–Trinajstić information content (AvgIpc) is 3.55. The summed E-state index contributed by atoms with van der Waals surface area (Å²) in [6.07, 6.45) is 4.22. The Balaban J connectivity index is 0.824. The van der Waals surface area contributed by atoms with Gasteiger partial charge in [0.05, 0.1) is 45.6 Å². The normalized spacial score (nSPS) is 18.7. The summed E-state index contributed by atoms with van der Waals surface area (Å²) in [7, 11) is -1.86. The fourth-order valence-corrected chi connectivity index (χ4v) is 10.5. The van der Waals surface area contributed by atoms with E-state index in [9.17, 15) is 32.4 Å². The van der Waals surface area contributed by atoms with Crippen LogP contribution in [-0.2, 0) is 37.1 Å². The van der Waals surface area contributed by atoms with Gasteiger partial charge in [0.15, 0.2) is 9.84 Å². The van der Waals surface area contributed by atoms with Crippen molar-refractivity contribution < 1.29 is 37.1 Å². The van der Waals surface area contributed by atoms with Crippen LogP contribution in [0.3, 0.4) is 0 Å². The summed E-state index contributed by atoms with van der Waals surface area (Å²) in [4.78, 5) is 81.3. The zero-order chi connectivity index (χ0) is 45.3. The Labute approximate surface area is 377 Å². The molecule has 1 atom stereocenters. The molecule has 1 unspecified atom stereocenters. The number of sulfone groups is 1. The molecule has 5 amide bonds. The molecule has 3 saturated heterocycles. The van der Waals surface area contributed by atoms with E-state index in [2.05, 4.69) is 31.5 Å². The van der Waals surface area contributed by atoms with Crippen molar-refractivity contribution in [3.63, 3.8) is 0 Å². The summed E-state index contributed by atoms with van der Waals surface area (Å²) in [5, 5.41) is 5.08. The fourth-order valence-electron chi connectivity index (χ4n) is 9.03. The van der Waals surface area contributed by atoms with Gasteiger partial charge >= 0.3 is 0 Å². The lowest BCUT2D eigenvalue weighted by atomic mass is 10.0. The smallest absolute Gasteiger partial charge is 0.264 e. The molecule has 336 valence electrons. The summed E-state index contributed by atoms with van der Waals surface area (Å²) in [5.74, 6) is -1.20. The molecule has 0 saturated carbocycles. The van der Waals surface area contributed by atoms with E-state index in [0.717, 1.165) is 55.2 Å². The third-order valence-electron chi connectivity index (χ3n) is 12.7. The highest BCUT2D eigenvalue weighted by Gasteiger charge is 2.45. The number of hydrogen-bond donors (Lipinski definition) is 2. The molecule has 18 heteroatoms. The van der Waals surface area contributed by atoms with Crippen molar-refractivity contribution in [2.75, 3.05) is 63.1 Å². The maximum atomic E-state index is 13.5. The van der Waals surface area contributed by atoms with Gasteiger partial charge in [-0.1, -0.05) is 41.9 Å². The fraction of sp³-hybridized carbons (Fsp3) is 0.413. The van der Waals surface area contributed by atoms with Crippen LogP contribution in [0.25, 0.3) is 0 Å². The highest BCUT2D eigenvalue weighted by Crippen LogP contribution is 2.34. The molecule has 4 aliphatic rings. The van der Waals surface area contributed by atoms with Crippen LogP contribution in [0.1, 0.15) is 82.9 Å². The Morgan fingerprint density at radius 2 is 1.66 bits per heavy atom. The van der Waals surface area contributed by atoms with Crippen LogP contribution in [0.2, 0.25) is 5.02 Å². The van der Waals surface area contributed by atoms with Gasteiger partial charge in [0, 0.05) is 93.8 Å². The second kappa shape index (κ2) is 18.7. The predicted molar refractivity (Wildman–Crippen MR) is 239 cm³/mol. The summed E-state index contributed by atoms with van der Waals surface area (Å²) < 4.78 is 32.0. The zero-order valence-corrected chi connectivity index (χ0v) is 37.6. The van der Waals surface area contributed by atoms with Crippen molar-refractivity contribution in [2.24, 2.45) is 0 Å². The van der Waals surface area contributed by atoms with Crippen LogP contribution >= 0.6 is 11.6 Å². The van der Waals surface area contributed by atoms with E-state index >= 15 is 0 Å². The number of benzene rings is 3. The van der Waals surface area contributed by atoms with Gasteiger partial charge in [0.2, 0.25) is 17.7 Å². The first kappa shape index (κ1) is 44.7. The molecule has 0 radical (unpaired) electrons. The van der Waals surface area contributed by atoms with Gasteiger partial charge in [0.1, 0.15) is 17.6 Å². The molecule has 5 heterocycles. The number of nitrogens with zero attached hydrogens (tertiary/aromatic N) is 6. The average molecular weight is 911 g/mol. The maximum absolute atomic E-state index is 13.5. The van der Waals surface area contributed by atoms with Crippen molar-refractivity contribution in [3.05, 3.63) is 106 Å². The molecule has 2 N–H and O–H groups in total. The molecule has 3 aromatic carbocycles. The van der Waals surface area contributed by atoms with Crippen molar-refractivity contribution in [1.82, 2.24) is 30.0 Å². The maximum Gasteiger partial charge on any atom is 0.264 e. The summed E-state index contributed by atoms with van der Waals surface area (Å²) in [5.41, 5.74) is 3.77. The number of imide groups is 2. The monoisotopic (exact) mass is 910 g/mol. The van der Waals surface area contributed by atoms with E-state index in [1.54, 1.807) is 57.5 Å². The molecule has 3 fully saturated rings. The number of carbonyl (C=O) groups is 5. The van der Waals surface area contributed by atoms with E-state index in [1.165, 1.54) is 6.07 Å². The number of anilines is 2. The van der Waals surface area contributed by atoms with Gasteiger partial charge in [-0.3, -0.25) is 39.1 Å². The zero-order valence-electron chi connectivity index (χ0n) is 36.0. The minimum absolute atomic E-state index is 0.0316. The van der Waals surface area contributed by atoms with Crippen molar-refractivity contribution in [2.45, 2.75) is 74.6 Å². The first-order chi connectivity index (χ1) is 30.7. The van der Waals surface area contributed by atoms with Crippen LogP contribution in [0.4, 0.5) is 11.4 Å². The number of piperidine rings is 2. The van der Waals surface area contributed by atoms with E-state index in [-0.39, 0.29) is 47.7 Å². The number of methoxy groups -OCH3 is 1. The SMILES string of the molecule is COc1cc(N2CCC(N3CCN(C(=O)CNc4cccc5c4C(=O)N(C4CCC(=O)NC4=O)C5=O)CC3)CC2)ccc1Cc1ncc(Cl)c(Cc2ccccc2S(=O)(=O)C(C)C)n1. The van der Waals surface area contributed by atoms with E-state index < -0.39 is 44.8 Å². The molecule has 1 aromatic heterocycles. The molecular weight excluding hydrogens is 860 g/mol. The van der Waals surface area contributed by atoms with E-state index in [1.807, 2.05) is 23.1 Å². The lowest BCUT2D eigenvalue weighted by Gasteiger charge is -2.43. The van der Waals surface area contributed by atoms with Crippen LogP contribution < -0.4 is 20.3 Å². The van der Waals surface area contributed by atoms with Gasteiger partial charge in [-0.25, -0.2) is 18.4 Å². The second-order valence-electron chi connectivity index (χ2n) is 16.8. The highest BCUT2D eigenvalue weighted by atomic mass is 35.5. The molecule has 4 aliphatic heterocycles. The minimum atomic E-state index is -3.51. The molecule has 16 nitrogen and oxygen atoms in total. The first-order valence-corrected chi connectivity index (χ1v) is 23.5. The van der Waals surface area contributed by atoms with Gasteiger partial charge in [0.25, 0.3) is 11.8 Å². The van der Waals surface area contributed by atoms with Crippen molar-refractivity contribution in [1.29, 1.82) is 0 Å². The van der Waals surface area contributed by atoms with E-state index in [0.29, 0.717) is 59.1 Å². The summed E-state index contributed by atoms with van der Waals surface area (Å²) >= 11 is 6.54. The molecule has 0 spiro atoms. The van der Waals surface area contributed by atoms with Crippen LogP contribution in [0, 0.1) is 0 Å². The number of aromatic nitrogens is 2. The number of ether oxygens (including phenoxy) is 1.